The second-order valence-electron chi connectivity index (χ2n) is 6.21. The van der Waals surface area contributed by atoms with Crippen LogP contribution in [0.15, 0.2) is 34.7 Å². The minimum Gasteiger partial charge on any atom is -0.466 e. The molecule has 2 amide bonds. The Morgan fingerprint density at radius 3 is 2.29 bits per heavy atom. The highest BCUT2D eigenvalue weighted by molar-refractivity contribution is 6.05. The van der Waals surface area contributed by atoms with Gasteiger partial charge in [-0.15, -0.1) is 0 Å². The van der Waals surface area contributed by atoms with Crippen LogP contribution in [0.1, 0.15) is 51.5 Å². The largest absolute Gasteiger partial charge is 0.466 e. The van der Waals surface area contributed by atoms with E-state index in [4.69, 9.17) is 4.42 Å². The Balaban J connectivity index is 1.67. The van der Waals surface area contributed by atoms with Gasteiger partial charge in [-0.05, 0) is 63.4 Å². The predicted octanol–water partition coefficient (Wildman–Crippen LogP) is 3.77. The minimum atomic E-state index is -0.209. The first kappa shape index (κ1) is 16.3. The highest BCUT2D eigenvalue weighted by Crippen LogP contribution is 2.18. The normalized spacial score (nSPS) is 14.5. The second kappa shape index (κ2) is 6.91. The van der Waals surface area contributed by atoms with Crippen molar-refractivity contribution in [3.63, 3.8) is 0 Å². The maximum atomic E-state index is 12.4. The molecule has 5 heteroatoms. The van der Waals surface area contributed by atoms with Crippen LogP contribution in [0, 0.1) is 13.8 Å². The van der Waals surface area contributed by atoms with Crippen LogP contribution >= 0.6 is 0 Å². The topological polar surface area (TPSA) is 62.6 Å². The first-order valence-electron chi connectivity index (χ1n) is 8.32. The molecule has 3 rings (SSSR count). The molecule has 0 aliphatic carbocycles. The molecule has 0 radical (unpaired) electrons. The van der Waals surface area contributed by atoms with Crippen molar-refractivity contribution < 1.29 is 14.0 Å². The molecule has 126 valence electrons. The van der Waals surface area contributed by atoms with Crippen LogP contribution in [0.5, 0.6) is 0 Å². The van der Waals surface area contributed by atoms with E-state index in [1.165, 1.54) is 6.42 Å². The first-order chi connectivity index (χ1) is 11.5. The zero-order chi connectivity index (χ0) is 17.1. The molecule has 0 bridgehead atoms. The highest BCUT2D eigenvalue weighted by Gasteiger charge is 2.18. The summed E-state index contributed by atoms with van der Waals surface area (Å²) in [6.45, 7) is 5.24. The Morgan fingerprint density at radius 2 is 1.71 bits per heavy atom. The molecule has 1 aliphatic rings. The van der Waals surface area contributed by atoms with Crippen LogP contribution in [0.3, 0.4) is 0 Å². The van der Waals surface area contributed by atoms with Crippen LogP contribution in [0.2, 0.25) is 0 Å². The van der Waals surface area contributed by atoms with Gasteiger partial charge in [0, 0.05) is 24.3 Å². The summed E-state index contributed by atoms with van der Waals surface area (Å²) in [5.41, 5.74) is 1.85. The standard InChI is InChI=1S/C19H22N2O3/c1-13-12-17(14(2)24-13)18(22)20-16-8-6-15(7-9-16)19(23)21-10-4-3-5-11-21/h6-9,12H,3-5,10-11H2,1-2H3,(H,20,22). The number of hydrogen-bond donors (Lipinski definition) is 1. The lowest BCUT2D eigenvalue weighted by Crippen LogP contribution is -2.35. The van der Waals surface area contributed by atoms with Gasteiger partial charge in [0.2, 0.25) is 0 Å². The monoisotopic (exact) mass is 326 g/mol. The fraction of sp³-hybridized carbons (Fsp3) is 0.368. The molecule has 1 saturated heterocycles. The van der Waals surface area contributed by atoms with Crippen LogP contribution < -0.4 is 5.32 Å². The van der Waals surface area contributed by atoms with Crippen molar-refractivity contribution in [2.75, 3.05) is 18.4 Å². The third-order valence-electron chi connectivity index (χ3n) is 4.32. The van der Waals surface area contributed by atoms with E-state index in [2.05, 4.69) is 5.32 Å². The lowest BCUT2D eigenvalue weighted by molar-refractivity contribution is 0.0724. The number of rotatable bonds is 3. The summed E-state index contributed by atoms with van der Waals surface area (Å²) in [5, 5.41) is 2.83. The van der Waals surface area contributed by atoms with Gasteiger partial charge >= 0.3 is 0 Å². The zero-order valence-electron chi connectivity index (χ0n) is 14.1. The number of nitrogens with zero attached hydrogens (tertiary/aromatic N) is 1. The number of nitrogens with one attached hydrogen (secondary N) is 1. The van der Waals surface area contributed by atoms with Crippen LogP contribution in [0.4, 0.5) is 5.69 Å². The molecule has 0 spiro atoms. The van der Waals surface area contributed by atoms with Crippen LogP contribution in [-0.4, -0.2) is 29.8 Å². The predicted molar refractivity (Wildman–Crippen MR) is 92.3 cm³/mol. The SMILES string of the molecule is Cc1cc(C(=O)Nc2ccc(C(=O)N3CCCCC3)cc2)c(C)o1. The van der Waals surface area contributed by atoms with Gasteiger partial charge in [-0.3, -0.25) is 9.59 Å². The van der Waals surface area contributed by atoms with E-state index < -0.39 is 0 Å². The summed E-state index contributed by atoms with van der Waals surface area (Å²) in [6, 6.07) is 8.77. The van der Waals surface area contributed by atoms with Gasteiger partial charge in [0.25, 0.3) is 11.8 Å². The second-order valence-corrected chi connectivity index (χ2v) is 6.21. The van der Waals surface area contributed by atoms with E-state index in [9.17, 15) is 9.59 Å². The molecular formula is C19H22N2O3. The van der Waals surface area contributed by atoms with E-state index in [1.807, 2.05) is 11.8 Å². The fourth-order valence-electron chi connectivity index (χ4n) is 3.03. The van der Waals surface area contributed by atoms with Crippen LogP contribution in [0.25, 0.3) is 0 Å². The smallest absolute Gasteiger partial charge is 0.259 e. The molecule has 24 heavy (non-hydrogen) atoms. The number of anilines is 1. The van der Waals surface area contributed by atoms with Gasteiger partial charge in [-0.1, -0.05) is 0 Å². The molecule has 1 aromatic carbocycles. The number of likely N-dealkylation sites (tertiary alicyclic amines) is 1. The first-order valence-corrected chi connectivity index (χ1v) is 8.32. The van der Waals surface area contributed by atoms with E-state index in [0.29, 0.717) is 28.3 Å². The third-order valence-corrected chi connectivity index (χ3v) is 4.32. The van der Waals surface area contributed by atoms with Gasteiger partial charge in [0.1, 0.15) is 11.5 Å². The molecule has 1 N–H and O–H groups in total. The van der Waals surface area contributed by atoms with Crippen molar-refractivity contribution >= 4 is 17.5 Å². The summed E-state index contributed by atoms with van der Waals surface area (Å²) >= 11 is 0. The Kier molecular flexibility index (Phi) is 4.69. The van der Waals surface area contributed by atoms with Crippen molar-refractivity contribution in [1.82, 2.24) is 4.90 Å². The molecule has 0 atom stereocenters. The maximum Gasteiger partial charge on any atom is 0.259 e. The Morgan fingerprint density at radius 1 is 1.04 bits per heavy atom. The molecular weight excluding hydrogens is 304 g/mol. The number of piperidine rings is 1. The Labute approximate surface area is 141 Å². The molecule has 2 aromatic rings. The summed E-state index contributed by atoms with van der Waals surface area (Å²) in [7, 11) is 0. The maximum absolute atomic E-state index is 12.4. The lowest BCUT2D eigenvalue weighted by Gasteiger charge is -2.26. The molecule has 0 unspecified atom stereocenters. The Hall–Kier alpha value is -2.56. The van der Waals surface area contributed by atoms with Crippen LogP contribution in [-0.2, 0) is 0 Å². The quantitative estimate of drug-likeness (QED) is 0.934. The molecule has 0 saturated carbocycles. The molecule has 1 aromatic heterocycles. The van der Waals surface area contributed by atoms with Crippen molar-refractivity contribution in [1.29, 1.82) is 0 Å². The number of aryl methyl sites for hydroxylation is 2. The van der Waals surface area contributed by atoms with E-state index in [0.717, 1.165) is 25.9 Å². The van der Waals surface area contributed by atoms with E-state index in [1.54, 1.807) is 37.3 Å². The van der Waals surface area contributed by atoms with Gasteiger partial charge in [0.15, 0.2) is 0 Å². The van der Waals surface area contributed by atoms with E-state index in [-0.39, 0.29) is 11.8 Å². The fourth-order valence-corrected chi connectivity index (χ4v) is 3.03. The summed E-state index contributed by atoms with van der Waals surface area (Å²) in [5.74, 6) is 1.16. The average molecular weight is 326 g/mol. The number of furan rings is 1. The van der Waals surface area contributed by atoms with Gasteiger partial charge in [-0.2, -0.15) is 0 Å². The zero-order valence-corrected chi connectivity index (χ0v) is 14.1. The summed E-state index contributed by atoms with van der Waals surface area (Å²) in [4.78, 5) is 26.6. The lowest BCUT2D eigenvalue weighted by atomic mass is 10.1. The molecule has 1 fully saturated rings. The third kappa shape index (κ3) is 3.50. The number of benzene rings is 1. The summed E-state index contributed by atoms with van der Waals surface area (Å²) < 4.78 is 5.38. The molecule has 2 heterocycles. The number of carbonyl (C=O) groups is 2. The highest BCUT2D eigenvalue weighted by atomic mass is 16.3. The van der Waals surface area contributed by atoms with Gasteiger partial charge < -0.3 is 14.6 Å². The van der Waals surface area contributed by atoms with Crippen molar-refractivity contribution in [3.8, 4) is 0 Å². The van der Waals surface area contributed by atoms with Crippen molar-refractivity contribution in [2.24, 2.45) is 0 Å². The van der Waals surface area contributed by atoms with Gasteiger partial charge in [0.05, 0.1) is 5.56 Å². The Bertz CT molecular complexity index is 740. The molecule has 5 nitrogen and oxygen atoms in total. The minimum absolute atomic E-state index is 0.0638. The number of hydrogen-bond acceptors (Lipinski definition) is 3. The number of amides is 2. The molecule has 1 aliphatic heterocycles. The summed E-state index contributed by atoms with van der Waals surface area (Å²) in [6.07, 6.45) is 3.34. The number of carbonyl (C=O) groups excluding carboxylic acids is 2. The van der Waals surface area contributed by atoms with Gasteiger partial charge in [-0.25, -0.2) is 0 Å². The van der Waals surface area contributed by atoms with Crippen molar-refractivity contribution in [2.45, 2.75) is 33.1 Å². The van der Waals surface area contributed by atoms with E-state index >= 15 is 0 Å². The van der Waals surface area contributed by atoms with Crippen molar-refractivity contribution in [3.05, 3.63) is 53.0 Å². The average Bonchev–Trinajstić information content (AvgIpc) is 2.94.